The molecule has 4 aromatic carbocycles. The van der Waals surface area contributed by atoms with Crippen LogP contribution in [-0.4, -0.2) is 50.1 Å². The van der Waals surface area contributed by atoms with Crippen LogP contribution in [0.2, 0.25) is 0 Å². The van der Waals surface area contributed by atoms with E-state index in [-0.39, 0.29) is 11.5 Å². The Hall–Kier alpha value is -6.03. The number of nitrogens with one attached hydrogen (secondary N) is 3. The molecule has 6 rings (SSSR count). The molecule has 0 fully saturated rings. The number of anilines is 2. The van der Waals surface area contributed by atoms with Crippen molar-refractivity contribution in [2.75, 3.05) is 24.7 Å². The maximum absolute atomic E-state index is 14.2. The van der Waals surface area contributed by atoms with Gasteiger partial charge in [-0.05, 0) is 44.3 Å². The fourth-order valence-corrected chi connectivity index (χ4v) is 5.37. The van der Waals surface area contributed by atoms with Crippen molar-refractivity contribution in [3.8, 4) is 22.5 Å². The number of carbonyl (C=O) groups is 1. The van der Waals surface area contributed by atoms with Gasteiger partial charge in [-0.25, -0.2) is 5.10 Å². The predicted molar refractivity (Wildman–Crippen MR) is 180 cm³/mol. The van der Waals surface area contributed by atoms with Crippen molar-refractivity contribution in [1.29, 1.82) is 0 Å². The Bertz CT molecular complexity index is 1960. The summed E-state index contributed by atoms with van der Waals surface area (Å²) >= 11 is 0. The molecule has 6 aromatic rings. The Balaban J connectivity index is 1.31. The highest BCUT2D eigenvalue weighted by atomic mass is 16.2. The third kappa shape index (κ3) is 6.56. The largest absolute Gasteiger partial charge is 0.379 e. The van der Waals surface area contributed by atoms with Gasteiger partial charge in [-0.3, -0.25) is 14.2 Å². The third-order valence-corrected chi connectivity index (χ3v) is 7.78. The fraction of sp³-hybridized carbons (Fsp3) is 0.139. The van der Waals surface area contributed by atoms with E-state index in [4.69, 9.17) is 0 Å². The Labute approximate surface area is 266 Å². The van der Waals surface area contributed by atoms with Crippen LogP contribution in [-0.2, 0) is 17.9 Å². The van der Waals surface area contributed by atoms with Gasteiger partial charge in [0.2, 0.25) is 5.91 Å². The number of nitrogens with zero attached hydrogens (tertiary/aromatic N) is 5. The van der Waals surface area contributed by atoms with Crippen LogP contribution in [0.5, 0.6) is 0 Å². The van der Waals surface area contributed by atoms with Crippen molar-refractivity contribution < 1.29 is 4.79 Å². The van der Waals surface area contributed by atoms with Gasteiger partial charge in [-0.2, -0.15) is 0 Å². The molecule has 0 spiro atoms. The maximum Gasteiger partial charge on any atom is 0.277 e. The highest BCUT2D eigenvalue weighted by Gasteiger charge is 2.26. The Kier molecular flexibility index (Phi) is 8.96. The second kappa shape index (κ2) is 13.7. The summed E-state index contributed by atoms with van der Waals surface area (Å²) in [5.74, 6) is 0.403. The van der Waals surface area contributed by atoms with Crippen LogP contribution in [0.25, 0.3) is 22.5 Å². The van der Waals surface area contributed by atoms with Crippen molar-refractivity contribution in [1.82, 2.24) is 30.1 Å². The standard InChI is InChI=1S/C36H34N8O2/c1-43(2)36(46)33(28-13-7-4-8-14-28)44-22-21-31(37-23-25-11-5-3-6-12-25)32(35(44)45)38-24-26-17-19-27(20-18-26)29-15-9-10-16-30(29)34-39-41-42-40-34/h3-22,33,37-38H,23-24H2,1-2H3,(H,39,40,41,42). The lowest BCUT2D eigenvalue weighted by Crippen LogP contribution is -2.38. The lowest BCUT2D eigenvalue weighted by Gasteiger charge is -2.25. The molecular weight excluding hydrogens is 576 g/mol. The first-order valence-electron chi connectivity index (χ1n) is 14.9. The number of carbonyl (C=O) groups excluding carboxylic acids is 1. The molecular formula is C36H34N8O2. The molecule has 0 aliphatic rings. The van der Waals surface area contributed by atoms with Gasteiger partial charge in [0.05, 0.1) is 5.69 Å². The van der Waals surface area contributed by atoms with Gasteiger partial charge in [-0.1, -0.05) is 109 Å². The van der Waals surface area contributed by atoms with Gasteiger partial charge in [0.15, 0.2) is 5.82 Å². The van der Waals surface area contributed by atoms with Gasteiger partial charge in [0, 0.05) is 38.9 Å². The summed E-state index contributed by atoms with van der Waals surface area (Å²) in [4.78, 5) is 29.2. The molecule has 10 heteroatoms. The van der Waals surface area contributed by atoms with Crippen molar-refractivity contribution >= 4 is 17.3 Å². The molecule has 0 aliphatic heterocycles. The maximum atomic E-state index is 14.2. The number of aromatic amines is 1. The molecule has 1 amide bonds. The highest BCUT2D eigenvalue weighted by molar-refractivity contribution is 5.84. The number of amides is 1. The van der Waals surface area contributed by atoms with E-state index in [1.807, 2.05) is 115 Å². The van der Waals surface area contributed by atoms with E-state index in [1.54, 1.807) is 20.3 Å². The lowest BCUT2D eigenvalue weighted by molar-refractivity contribution is -0.131. The first kappa shape index (κ1) is 30.0. The minimum absolute atomic E-state index is 0.193. The smallest absolute Gasteiger partial charge is 0.277 e. The summed E-state index contributed by atoms with van der Waals surface area (Å²) in [5, 5.41) is 21.2. The quantitative estimate of drug-likeness (QED) is 0.175. The number of hydrogen-bond donors (Lipinski definition) is 3. The van der Waals surface area contributed by atoms with E-state index in [0.29, 0.717) is 30.3 Å². The van der Waals surface area contributed by atoms with E-state index in [2.05, 4.69) is 31.3 Å². The molecule has 2 aromatic heterocycles. The first-order chi connectivity index (χ1) is 22.5. The minimum atomic E-state index is -0.814. The number of likely N-dealkylation sites (N-methyl/N-ethyl adjacent to an activating group) is 1. The molecule has 0 radical (unpaired) electrons. The van der Waals surface area contributed by atoms with Crippen LogP contribution in [0.3, 0.4) is 0 Å². The summed E-state index contributed by atoms with van der Waals surface area (Å²) in [6.45, 7) is 0.928. The van der Waals surface area contributed by atoms with E-state index >= 15 is 0 Å². The normalized spacial score (nSPS) is 11.5. The molecule has 0 bridgehead atoms. The van der Waals surface area contributed by atoms with Crippen LogP contribution >= 0.6 is 0 Å². The van der Waals surface area contributed by atoms with Gasteiger partial charge in [0.25, 0.3) is 5.56 Å². The number of pyridine rings is 1. The third-order valence-electron chi connectivity index (χ3n) is 7.78. The molecule has 1 atom stereocenters. The zero-order chi connectivity index (χ0) is 31.9. The topological polar surface area (TPSA) is 121 Å². The van der Waals surface area contributed by atoms with Gasteiger partial charge < -0.3 is 15.5 Å². The fourth-order valence-electron chi connectivity index (χ4n) is 5.37. The number of hydrogen-bond acceptors (Lipinski definition) is 7. The molecule has 46 heavy (non-hydrogen) atoms. The second-order valence-electron chi connectivity index (χ2n) is 11.0. The summed E-state index contributed by atoms with van der Waals surface area (Å²) in [5.41, 5.74) is 6.45. The van der Waals surface area contributed by atoms with Crippen LogP contribution < -0.4 is 16.2 Å². The molecule has 1 unspecified atom stereocenters. The zero-order valence-electron chi connectivity index (χ0n) is 25.6. The van der Waals surface area contributed by atoms with Crippen molar-refractivity contribution in [2.24, 2.45) is 0 Å². The number of aromatic nitrogens is 5. The summed E-state index contributed by atoms with van der Waals surface area (Å²) in [6, 6.07) is 36.5. The van der Waals surface area contributed by atoms with Gasteiger partial charge in [-0.15, -0.1) is 5.10 Å². The van der Waals surface area contributed by atoms with E-state index < -0.39 is 6.04 Å². The Morgan fingerprint density at radius 3 is 2.09 bits per heavy atom. The summed E-state index contributed by atoms with van der Waals surface area (Å²) < 4.78 is 1.51. The minimum Gasteiger partial charge on any atom is -0.379 e. The second-order valence-corrected chi connectivity index (χ2v) is 11.0. The Morgan fingerprint density at radius 2 is 1.41 bits per heavy atom. The molecule has 10 nitrogen and oxygen atoms in total. The van der Waals surface area contributed by atoms with Crippen molar-refractivity contribution in [3.63, 3.8) is 0 Å². The van der Waals surface area contributed by atoms with Crippen LogP contribution in [0, 0.1) is 0 Å². The van der Waals surface area contributed by atoms with E-state index in [0.717, 1.165) is 33.4 Å². The van der Waals surface area contributed by atoms with Crippen molar-refractivity contribution in [3.05, 3.63) is 149 Å². The molecule has 0 saturated heterocycles. The lowest BCUT2D eigenvalue weighted by atomic mass is 9.98. The van der Waals surface area contributed by atoms with Crippen LogP contribution in [0.15, 0.2) is 126 Å². The van der Waals surface area contributed by atoms with Crippen LogP contribution in [0.4, 0.5) is 11.4 Å². The molecule has 3 N–H and O–H groups in total. The SMILES string of the molecule is CN(C)C(=O)C(c1ccccc1)n1ccc(NCc2ccccc2)c(NCc2ccc(-c3ccccc3-c3nnn[nH]3)cc2)c1=O. The Morgan fingerprint density at radius 1 is 0.783 bits per heavy atom. The number of benzene rings is 4. The van der Waals surface area contributed by atoms with Gasteiger partial charge >= 0.3 is 0 Å². The molecule has 2 heterocycles. The number of tetrazole rings is 1. The average molecular weight is 611 g/mol. The average Bonchev–Trinajstić information content (AvgIpc) is 3.64. The molecule has 0 saturated carbocycles. The predicted octanol–water partition coefficient (Wildman–Crippen LogP) is 5.60. The summed E-state index contributed by atoms with van der Waals surface area (Å²) in [7, 11) is 3.39. The molecule has 0 aliphatic carbocycles. The van der Waals surface area contributed by atoms with Gasteiger partial charge in [0.1, 0.15) is 11.7 Å². The summed E-state index contributed by atoms with van der Waals surface area (Å²) in [6.07, 6.45) is 1.69. The van der Waals surface area contributed by atoms with Crippen molar-refractivity contribution in [2.45, 2.75) is 19.1 Å². The molecule has 230 valence electrons. The van der Waals surface area contributed by atoms with E-state index in [1.165, 1.54) is 9.47 Å². The van der Waals surface area contributed by atoms with Crippen LogP contribution in [0.1, 0.15) is 22.7 Å². The van der Waals surface area contributed by atoms with E-state index in [9.17, 15) is 9.59 Å². The number of H-pyrrole nitrogens is 1. The monoisotopic (exact) mass is 610 g/mol. The highest BCUT2D eigenvalue weighted by Crippen LogP contribution is 2.30. The number of rotatable bonds is 11. The first-order valence-corrected chi connectivity index (χ1v) is 14.9. The zero-order valence-corrected chi connectivity index (χ0v) is 25.6.